The molecule has 9 heterocycles. The van der Waals surface area contributed by atoms with E-state index in [0.717, 1.165) is 49.9 Å². The third-order valence-electron chi connectivity index (χ3n) is 29.9. The lowest BCUT2D eigenvalue weighted by Gasteiger charge is -2.49. The molecule has 9 aliphatic rings. The van der Waals surface area contributed by atoms with Crippen LogP contribution in [0.1, 0.15) is 218 Å². The SMILES string of the molecule is C=C1CO[C@H]([C@@H](C)C(=O)O)[C@H](C)[C@@H](O[C@@H]2O[C@H](C)C[C@H](N(C)C)[C@H]2C)[C@](C)(C[C@@H](C)[C@H](C)[C@H](C)N)OC1.C=C1CO[C@H]2[C@H](C)[C@@H](O[C@@H]3O[C@H](C)C[C@H](N(C)C)[C@H]3C)[C@](C)(C[C@@H](C)[C@H](C)[C@H](C)N3CC[C@H](C3)OC(=O)[C@@H]2C)OC1.C=C1CO[C@H]2[C@H](C)[C@@H](O[C@@H]3O[C@H](C)C[C@H](N(C)C)[C@H]3O)[C@](C)(C[C@@H](C)C(=O)[C@H](C)[C@@H](O)[C@](C)(O)[C@@H](CC)OC(=O)[C@@H]2C)OC1. The third-order valence-corrected chi connectivity index (χ3v) is 29.9. The van der Waals surface area contributed by atoms with Crippen molar-refractivity contribution in [1.82, 2.24) is 19.6 Å². The van der Waals surface area contributed by atoms with Crippen molar-refractivity contribution in [2.75, 3.05) is 95.0 Å². The Bertz CT molecular complexity index is 3370. The highest BCUT2D eigenvalue weighted by molar-refractivity contribution is 5.83. The van der Waals surface area contributed by atoms with Crippen LogP contribution in [0.5, 0.6) is 0 Å². The van der Waals surface area contributed by atoms with Gasteiger partial charge >= 0.3 is 17.9 Å². The molecule has 27 heteroatoms. The van der Waals surface area contributed by atoms with Gasteiger partial charge in [0.2, 0.25) is 0 Å². The van der Waals surface area contributed by atoms with Gasteiger partial charge in [0.1, 0.15) is 29.7 Å². The number of ether oxygens (including phenoxy) is 14. The van der Waals surface area contributed by atoms with Gasteiger partial charge in [0.15, 0.2) is 18.9 Å². The molecule has 6 N–H and O–H groups in total. The summed E-state index contributed by atoms with van der Waals surface area (Å²) >= 11 is 0. The molecule has 9 fully saturated rings. The fraction of sp³-hybridized carbons (Fsp3) is 0.895. The molecule has 1 unspecified atom stereocenters. The summed E-state index contributed by atoms with van der Waals surface area (Å²) in [6.45, 7) is 63.7. The first kappa shape index (κ1) is 106. The molecule has 0 amide bonds. The molecule has 0 aromatic heterocycles. The molecule has 27 nitrogen and oxygen atoms in total. The number of aliphatic carboxylic acids is 1. The van der Waals surface area contributed by atoms with Crippen molar-refractivity contribution >= 4 is 23.7 Å². The molecule has 0 radical (unpaired) electrons. The summed E-state index contributed by atoms with van der Waals surface area (Å²) in [5.74, 6) is -5.02. The highest BCUT2D eigenvalue weighted by Gasteiger charge is 2.57. The number of hydrogen-bond donors (Lipinski definition) is 5. The Kier molecular flexibility index (Phi) is 38.8. The van der Waals surface area contributed by atoms with E-state index in [1.807, 2.05) is 60.5 Å². The Morgan fingerprint density at radius 3 is 1.47 bits per heavy atom. The van der Waals surface area contributed by atoms with E-state index in [9.17, 15) is 39.6 Å². The molecule has 0 saturated carbocycles. The lowest BCUT2D eigenvalue weighted by Crippen LogP contribution is -2.60. The highest BCUT2D eigenvalue weighted by atomic mass is 16.7. The minimum absolute atomic E-state index is 0.0354. The number of esters is 2. The van der Waals surface area contributed by atoms with Crippen LogP contribution in [-0.2, 0) is 85.5 Å². The van der Waals surface area contributed by atoms with Gasteiger partial charge in [-0.25, -0.2) is 0 Å². The van der Waals surface area contributed by atoms with Crippen LogP contribution >= 0.6 is 0 Å². The molecule has 0 spiro atoms. The highest BCUT2D eigenvalue weighted by Crippen LogP contribution is 2.47. The summed E-state index contributed by atoms with van der Waals surface area (Å²) in [7, 11) is 12.2. The van der Waals surface area contributed by atoms with Crippen molar-refractivity contribution in [3.8, 4) is 0 Å². The van der Waals surface area contributed by atoms with E-state index in [1.165, 1.54) is 6.92 Å². The zero-order valence-corrected chi connectivity index (χ0v) is 80.6. The number of nitrogens with two attached hydrogens (primary N) is 1. The van der Waals surface area contributed by atoms with Crippen LogP contribution in [0.3, 0.4) is 0 Å². The second kappa shape index (κ2) is 44.9. The van der Waals surface area contributed by atoms with Gasteiger partial charge in [-0.1, -0.05) is 103 Å². The van der Waals surface area contributed by atoms with E-state index in [1.54, 1.807) is 34.6 Å². The standard InChI is InChI=1S/C33H58N2O6.C33H57NO10.C29H54N2O6/c1-19-17-37-29-24(6)30(41-32-23(5)28(34(10)11)14-21(3)39-32)33(9,38-18-19)15-20(2)22(4)26(8)35-13-12-27(16-35)40-31(36)25(29)7;1-12-24-33(9,39)28(37)20(5)25(35)18(3)14-32(8)29(44-31-26(36)23(34(10)11)13-19(4)42-31)21(6)27(22(7)30(38)43-24)40-15-17(2)16-41-32;1-16-14-34-25(22(7)27(32)33)21(6)26(29(9,35-15-16)13-17(2)19(4)23(8)30)37-28-20(5)24(31(10)11)12-18(3)36-28/h20-30,32H,1,12-18H2,2-11H3;18-24,26-29,31,36-37,39H,2,12-16H2,1,3-11H3;17-26,28H,1,12-15,30H2,2-11H3,(H,32,33)/t20-,21-,22+,23-,24+,25-,26+,27-,28+,29+,30-,32+,33+;18-,19-,20+,21+,22-,23+,24-,26-,27+,28-,29-,31+,32+,33-;17-,18-,19+,20-,21+,22-,23+,24+,25+,26-,28+,29+/m111/s1. The predicted octanol–water partition coefficient (Wildman–Crippen LogP) is 11.4. The molecule has 0 aromatic rings. The van der Waals surface area contributed by atoms with Crippen LogP contribution in [0.2, 0.25) is 0 Å². The summed E-state index contributed by atoms with van der Waals surface area (Å²) in [4.78, 5) is 62.2. The van der Waals surface area contributed by atoms with Gasteiger partial charge in [-0.3, -0.25) is 24.1 Å². The lowest BCUT2D eigenvalue weighted by atomic mass is 9.74. The van der Waals surface area contributed by atoms with E-state index in [4.69, 9.17) is 72.0 Å². The van der Waals surface area contributed by atoms with E-state index in [2.05, 4.69) is 146 Å². The number of likely N-dealkylation sites (N-methyl/N-ethyl adjacent to an activating group) is 1. The first-order chi connectivity index (χ1) is 56.6. The Morgan fingerprint density at radius 2 is 1.00 bits per heavy atom. The fourth-order valence-corrected chi connectivity index (χ4v) is 21.4. The minimum atomic E-state index is -1.88. The van der Waals surface area contributed by atoms with E-state index < -0.39 is 138 Å². The molecule has 706 valence electrons. The molecule has 122 heavy (non-hydrogen) atoms. The minimum Gasteiger partial charge on any atom is -0.481 e. The number of hydrogen-bond acceptors (Lipinski definition) is 26. The van der Waals surface area contributed by atoms with E-state index in [0.29, 0.717) is 68.2 Å². The van der Waals surface area contributed by atoms with Gasteiger partial charge in [0.05, 0.1) is 135 Å². The van der Waals surface area contributed by atoms with E-state index in [-0.39, 0.29) is 123 Å². The van der Waals surface area contributed by atoms with Crippen molar-refractivity contribution in [2.45, 2.75) is 368 Å². The summed E-state index contributed by atoms with van der Waals surface area (Å²) < 4.78 is 91.0. The number of cyclic esters (lactones) is 1. The Labute approximate surface area is 734 Å². The number of aliphatic hydroxyl groups is 3. The number of fused-ring (bicyclic) bond motifs is 8. The number of carbonyl (C=O) groups is 4. The number of rotatable bonds is 16. The number of carbonyl (C=O) groups excluding carboxylic acids is 3. The zero-order valence-electron chi connectivity index (χ0n) is 80.6. The van der Waals surface area contributed by atoms with Gasteiger partial charge in [-0.05, 0) is 217 Å². The number of carboxylic acids is 1. The number of Topliss-reactive ketones (excluding diaryl/α,β-unsaturated/α-hetero) is 1. The maximum Gasteiger partial charge on any atom is 0.311 e. The van der Waals surface area contributed by atoms with E-state index >= 15 is 0 Å². The molecule has 9 rings (SSSR count). The summed E-state index contributed by atoms with van der Waals surface area (Å²) in [6.07, 6.45) is -3.73. The Hall–Kier alpha value is -3.50. The van der Waals surface area contributed by atoms with Crippen LogP contribution in [-0.4, -0.2) is 310 Å². The van der Waals surface area contributed by atoms with Crippen molar-refractivity contribution < 1.29 is 106 Å². The van der Waals surface area contributed by atoms with Gasteiger partial charge in [0, 0.05) is 84.7 Å². The maximum absolute atomic E-state index is 13.8. The number of ketones is 1. The molecule has 40 atom stereocenters. The largest absolute Gasteiger partial charge is 0.481 e. The zero-order chi connectivity index (χ0) is 91.8. The summed E-state index contributed by atoms with van der Waals surface area (Å²) in [5.41, 5.74) is 4.14. The van der Waals surface area contributed by atoms with Crippen LogP contribution < -0.4 is 5.73 Å². The third kappa shape index (κ3) is 25.8. The first-order valence-electron chi connectivity index (χ1n) is 46.1. The quantitative estimate of drug-likeness (QED) is 0.0708. The smallest absolute Gasteiger partial charge is 0.311 e. The van der Waals surface area contributed by atoms with Gasteiger partial charge in [0.25, 0.3) is 0 Å². The molecule has 6 bridgehead atoms. The van der Waals surface area contributed by atoms with Crippen LogP contribution in [0, 0.1) is 82.9 Å². The molecule has 9 saturated heterocycles. The molecule has 9 aliphatic heterocycles. The molecule has 0 aliphatic carbocycles. The molecular formula is C95H169N5O22. The number of nitrogens with zero attached hydrogens (tertiary/aromatic N) is 4. The van der Waals surface area contributed by atoms with Gasteiger partial charge in [-0.2, -0.15) is 0 Å². The van der Waals surface area contributed by atoms with Crippen molar-refractivity contribution in [3.05, 3.63) is 36.5 Å². The topological polar surface area (TPSA) is 317 Å². The predicted molar refractivity (Wildman–Crippen MR) is 470 cm³/mol. The van der Waals surface area contributed by atoms with Crippen LogP contribution in [0.4, 0.5) is 0 Å². The Balaban J connectivity index is 0.000000253. The monoisotopic (exact) mass is 1730 g/mol. The maximum atomic E-state index is 13.8. The van der Waals surface area contributed by atoms with Crippen molar-refractivity contribution in [3.63, 3.8) is 0 Å². The van der Waals surface area contributed by atoms with Gasteiger partial charge < -0.3 is 107 Å². The first-order valence-corrected chi connectivity index (χ1v) is 46.1. The van der Waals surface area contributed by atoms with Crippen molar-refractivity contribution in [1.29, 1.82) is 0 Å². The van der Waals surface area contributed by atoms with Gasteiger partial charge in [-0.15, -0.1) is 0 Å². The molecular weight excluding hydrogens is 1560 g/mol. The normalized spacial score (nSPS) is 45.2. The average molecular weight is 1730 g/mol. The summed E-state index contributed by atoms with van der Waals surface area (Å²) in [5, 5.41) is 44.0. The number of aliphatic hydroxyl groups excluding tert-OH is 2. The second-order valence-electron chi connectivity index (χ2n) is 41.1. The van der Waals surface area contributed by atoms with Crippen molar-refractivity contribution in [2.24, 2.45) is 88.6 Å². The van der Waals surface area contributed by atoms with Crippen LogP contribution in [0.15, 0.2) is 36.5 Å². The lowest BCUT2D eigenvalue weighted by molar-refractivity contribution is -0.302. The van der Waals surface area contributed by atoms with Crippen LogP contribution in [0.25, 0.3) is 0 Å². The summed E-state index contributed by atoms with van der Waals surface area (Å²) in [6, 6.07) is 0.816. The second-order valence-corrected chi connectivity index (χ2v) is 41.1. The fourth-order valence-electron chi connectivity index (χ4n) is 21.4. The average Bonchev–Trinajstić information content (AvgIpc) is 1.15. The molecule has 0 aromatic carbocycles. The Morgan fingerprint density at radius 1 is 0.566 bits per heavy atom. The number of carboxylic acid groups (broad SMARTS) is 1.